The number of hydrogen-bond acceptors (Lipinski definition) is 3. The average molecular weight is 262 g/mol. The minimum absolute atomic E-state index is 0.0488. The molecule has 0 fully saturated rings. The van der Waals surface area contributed by atoms with E-state index in [0.29, 0.717) is 12.3 Å². The fourth-order valence-corrected chi connectivity index (χ4v) is 2.86. The molecule has 0 bridgehead atoms. The molecule has 1 atom stereocenters. The summed E-state index contributed by atoms with van der Waals surface area (Å²) < 4.78 is 0. The highest BCUT2D eigenvalue weighted by Gasteiger charge is 2.26. The third kappa shape index (κ3) is 3.07. The maximum Gasteiger partial charge on any atom is 0.233 e. The molecule has 1 unspecified atom stereocenters. The fraction of sp³-hybridized carbons (Fsp3) is 0.533. The number of rotatable bonds is 4. The lowest BCUT2D eigenvalue weighted by Gasteiger charge is -2.34. The number of carbonyl (C=O) groups excluding carboxylic acids is 1. The topological polar surface area (TPSA) is 52.6 Å². The van der Waals surface area contributed by atoms with Crippen LogP contribution in [0.4, 0.5) is 0 Å². The highest BCUT2D eigenvalue weighted by molar-refractivity contribution is 5.77. The van der Waals surface area contributed by atoms with Gasteiger partial charge in [-0.3, -0.25) is 9.69 Å². The normalized spacial score (nSPS) is 18.2. The minimum atomic E-state index is 0.0488. The van der Waals surface area contributed by atoms with Gasteiger partial charge in [-0.05, 0) is 49.1 Å². The van der Waals surface area contributed by atoms with E-state index in [1.807, 2.05) is 12.1 Å². The Kier molecular flexibility index (Phi) is 4.43. The third-order valence-electron chi connectivity index (χ3n) is 3.88. The summed E-state index contributed by atoms with van der Waals surface area (Å²) in [4.78, 5) is 13.8. The van der Waals surface area contributed by atoms with Crippen LogP contribution < -0.4 is 5.32 Å². The van der Waals surface area contributed by atoms with Crippen LogP contribution in [-0.2, 0) is 11.2 Å². The van der Waals surface area contributed by atoms with E-state index in [-0.39, 0.29) is 11.9 Å². The predicted octanol–water partition coefficient (Wildman–Crippen LogP) is 1.84. The number of aryl methyl sites for hydroxylation is 1. The molecule has 0 radical (unpaired) electrons. The first-order chi connectivity index (χ1) is 9.15. The largest absolute Gasteiger partial charge is 0.508 e. The molecule has 0 spiro atoms. The van der Waals surface area contributed by atoms with Gasteiger partial charge in [0, 0.05) is 13.1 Å². The van der Waals surface area contributed by atoms with Crippen molar-refractivity contribution in [3.05, 3.63) is 29.3 Å². The average Bonchev–Trinajstić information content (AvgIpc) is 2.43. The van der Waals surface area contributed by atoms with Crippen LogP contribution in [0.3, 0.4) is 0 Å². The number of phenols is 1. The van der Waals surface area contributed by atoms with Crippen LogP contribution in [0.2, 0.25) is 0 Å². The van der Waals surface area contributed by atoms with Crippen molar-refractivity contribution in [1.29, 1.82) is 0 Å². The summed E-state index contributed by atoms with van der Waals surface area (Å²) >= 11 is 0. The van der Waals surface area contributed by atoms with E-state index in [2.05, 4.69) is 17.1 Å². The zero-order valence-electron chi connectivity index (χ0n) is 11.6. The summed E-state index contributed by atoms with van der Waals surface area (Å²) in [6, 6.07) is 5.88. The molecule has 1 aliphatic rings. The summed E-state index contributed by atoms with van der Waals surface area (Å²) in [5, 5.41) is 12.3. The van der Waals surface area contributed by atoms with Crippen LogP contribution in [0.15, 0.2) is 18.2 Å². The Morgan fingerprint density at radius 2 is 2.32 bits per heavy atom. The molecule has 104 valence electrons. The number of amides is 1. The second kappa shape index (κ2) is 6.06. The van der Waals surface area contributed by atoms with Crippen molar-refractivity contribution in [3.8, 4) is 5.75 Å². The highest BCUT2D eigenvalue weighted by atomic mass is 16.3. The van der Waals surface area contributed by atoms with Crippen LogP contribution in [-0.4, -0.2) is 36.1 Å². The van der Waals surface area contributed by atoms with Gasteiger partial charge in [0.05, 0.1) is 6.54 Å². The lowest BCUT2D eigenvalue weighted by Crippen LogP contribution is -2.39. The minimum Gasteiger partial charge on any atom is -0.508 e. The van der Waals surface area contributed by atoms with E-state index >= 15 is 0 Å². The Labute approximate surface area is 114 Å². The number of nitrogens with zero attached hydrogens (tertiary/aromatic N) is 1. The Morgan fingerprint density at radius 1 is 1.53 bits per heavy atom. The number of carbonyl (C=O) groups is 1. The van der Waals surface area contributed by atoms with E-state index in [9.17, 15) is 9.90 Å². The van der Waals surface area contributed by atoms with Crippen molar-refractivity contribution in [2.45, 2.75) is 32.2 Å². The van der Waals surface area contributed by atoms with Crippen molar-refractivity contribution in [1.82, 2.24) is 10.2 Å². The van der Waals surface area contributed by atoms with Gasteiger partial charge in [-0.25, -0.2) is 0 Å². The Morgan fingerprint density at radius 3 is 3.00 bits per heavy atom. The number of hydrogen-bond donors (Lipinski definition) is 2. The number of likely N-dealkylation sites (N-methyl/N-ethyl adjacent to an activating group) is 2. The highest BCUT2D eigenvalue weighted by Crippen LogP contribution is 2.35. The molecule has 2 N–H and O–H groups in total. The molecule has 1 aliphatic carbocycles. The second-order valence-corrected chi connectivity index (χ2v) is 5.03. The maximum absolute atomic E-state index is 11.6. The van der Waals surface area contributed by atoms with Crippen LogP contribution >= 0.6 is 0 Å². The van der Waals surface area contributed by atoms with Gasteiger partial charge in [-0.2, -0.15) is 0 Å². The Balaban J connectivity index is 2.23. The summed E-state index contributed by atoms with van der Waals surface area (Å²) in [5.41, 5.74) is 2.47. The first kappa shape index (κ1) is 13.9. The third-order valence-corrected chi connectivity index (χ3v) is 3.88. The molecule has 19 heavy (non-hydrogen) atoms. The van der Waals surface area contributed by atoms with Crippen molar-refractivity contribution in [2.24, 2.45) is 0 Å². The molecule has 0 saturated carbocycles. The number of phenolic OH excluding ortho intramolecular Hbond substituents is 1. The number of nitrogens with one attached hydrogen (secondary N) is 1. The fourth-order valence-electron chi connectivity index (χ4n) is 2.86. The van der Waals surface area contributed by atoms with Crippen molar-refractivity contribution in [3.63, 3.8) is 0 Å². The maximum atomic E-state index is 11.6. The molecular weight excluding hydrogens is 240 g/mol. The van der Waals surface area contributed by atoms with Crippen molar-refractivity contribution < 1.29 is 9.90 Å². The monoisotopic (exact) mass is 262 g/mol. The van der Waals surface area contributed by atoms with E-state index in [0.717, 1.165) is 25.8 Å². The quantitative estimate of drug-likeness (QED) is 0.870. The summed E-state index contributed by atoms with van der Waals surface area (Å²) in [5.74, 6) is 0.376. The lowest BCUT2D eigenvalue weighted by atomic mass is 9.86. The van der Waals surface area contributed by atoms with Gasteiger partial charge < -0.3 is 10.4 Å². The van der Waals surface area contributed by atoms with Crippen LogP contribution in [0, 0.1) is 0 Å². The molecule has 0 aromatic heterocycles. The van der Waals surface area contributed by atoms with Crippen LogP contribution in [0.25, 0.3) is 0 Å². The van der Waals surface area contributed by atoms with Crippen molar-refractivity contribution >= 4 is 5.91 Å². The van der Waals surface area contributed by atoms with E-state index in [4.69, 9.17) is 0 Å². The molecule has 0 heterocycles. The molecular formula is C15H22N2O2. The number of fused-ring (bicyclic) bond motifs is 1. The van der Waals surface area contributed by atoms with Gasteiger partial charge in [0.15, 0.2) is 0 Å². The molecule has 1 aromatic rings. The van der Waals surface area contributed by atoms with E-state index < -0.39 is 0 Å². The summed E-state index contributed by atoms with van der Waals surface area (Å²) in [6.45, 7) is 3.36. The molecule has 1 aromatic carbocycles. The van der Waals surface area contributed by atoms with Crippen LogP contribution in [0.5, 0.6) is 5.75 Å². The predicted molar refractivity (Wildman–Crippen MR) is 75.1 cm³/mol. The molecule has 4 heteroatoms. The first-order valence-corrected chi connectivity index (χ1v) is 6.92. The zero-order valence-corrected chi connectivity index (χ0v) is 11.6. The summed E-state index contributed by atoms with van der Waals surface area (Å²) in [7, 11) is 1.67. The van der Waals surface area contributed by atoms with Gasteiger partial charge >= 0.3 is 0 Å². The Bertz CT molecular complexity index is 459. The van der Waals surface area contributed by atoms with Gasteiger partial charge in [0.2, 0.25) is 5.91 Å². The standard InChI is InChI=1S/C15H22N2O2/c1-3-17(10-15(19)16-2)14-6-4-5-11-9-12(18)7-8-13(11)14/h7-9,14,18H,3-6,10H2,1-2H3,(H,16,19). The van der Waals surface area contributed by atoms with Crippen molar-refractivity contribution in [2.75, 3.05) is 20.1 Å². The SMILES string of the molecule is CCN(CC(=O)NC)C1CCCc2cc(O)ccc21. The summed E-state index contributed by atoms with van der Waals surface area (Å²) in [6.07, 6.45) is 3.19. The van der Waals surface area contributed by atoms with Crippen LogP contribution in [0.1, 0.15) is 36.9 Å². The lowest BCUT2D eigenvalue weighted by molar-refractivity contribution is -0.122. The molecule has 2 rings (SSSR count). The number of benzene rings is 1. The molecule has 1 amide bonds. The van der Waals surface area contributed by atoms with Gasteiger partial charge in [0.25, 0.3) is 0 Å². The van der Waals surface area contributed by atoms with E-state index in [1.165, 1.54) is 11.1 Å². The van der Waals surface area contributed by atoms with Gasteiger partial charge in [-0.15, -0.1) is 0 Å². The first-order valence-electron chi connectivity index (χ1n) is 6.92. The van der Waals surface area contributed by atoms with Gasteiger partial charge in [-0.1, -0.05) is 13.0 Å². The molecule has 0 aliphatic heterocycles. The number of aromatic hydroxyl groups is 1. The van der Waals surface area contributed by atoms with Gasteiger partial charge in [0.1, 0.15) is 5.75 Å². The smallest absolute Gasteiger partial charge is 0.233 e. The zero-order chi connectivity index (χ0) is 13.8. The molecule has 4 nitrogen and oxygen atoms in total. The Hall–Kier alpha value is -1.55. The second-order valence-electron chi connectivity index (χ2n) is 5.03. The van der Waals surface area contributed by atoms with E-state index in [1.54, 1.807) is 13.1 Å². The molecule has 0 saturated heterocycles.